The van der Waals surface area contributed by atoms with Crippen molar-refractivity contribution in [2.45, 2.75) is 26.1 Å². The van der Waals surface area contributed by atoms with Crippen LogP contribution in [-0.2, 0) is 4.79 Å². The van der Waals surface area contributed by atoms with Crippen LogP contribution in [0.25, 0.3) is 0 Å². The van der Waals surface area contributed by atoms with E-state index in [0.717, 1.165) is 0 Å². The van der Waals surface area contributed by atoms with Crippen molar-refractivity contribution in [3.8, 4) is 11.5 Å². The molecule has 10 heteroatoms. The Hall–Kier alpha value is -3.42. The Morgan fingerprint density at radius 1 is 0.738 bits per heavy atom. The van der Waals surface area contributed by atoms with Crippen LogP contribution >= 0.6 is 46.4 Å². The van der Waals surface area contributed by atoms with Gasteiger partial charge in [-0.15, -0.1) is 0 Å². The van der Waals surface area contributed by atoms with Crippen LogP contribution in [0.3, 0.4) is 0 Å². The third-order valence-corrected chi connectivity index (χ3v) is 7.35. The summed E-state index contributed by atoms with van der Waals surface area (Å²) in [5.74, 6) is 0.222. The summed E-state index contributed by atoms with van der Waals surface area (Å²) in [6.45, 7) is 3.96. The molecular weight excluding hydrogens is 618 g/mol. The summed E-state index contributed by atoms with van der Waals surface area (Å²) < 4.78 is 11.7. The van der Waals surface area contributed by atoms with Crippen molar-refractivity contribution in [3.05, 3.63) is 117 Å². The minimum atomic E-state index is -0.838. The fraction of sp³-hybridized carbons (Fsp3) is 0.188. The van der Waals surface area contributed by atoms with E-state index >= 15 is 0 Å². The molecule has 0 saturated carbocycles. The zero-order chi connectivity index (χ0) is 30.2. The minimum Gasteiger partial charge on any atom is -0.481 e. The fourth-order valence-electron chi connectivity index (χ4n) is 4.19. The SMILES string of the molecule is CC(Oc1ccc(Cl)cc1Cl)C(=O)c1ccccc1NCCN(C(=O)C(C)Oc1ccc(Cl)cc1Cl)c1ccccc1. The highest BCUT2D eigenvalue weighted by Gasteiger charge is 2.25. The van der Waals surface area contributed by atoms with Crippen LogP contribution in [-0.4, -0.2) is 37.0 Å². The molecule has 0 aliphatic rings. The van der Waals surface area contributed by atoms with Crippen LogP contribution in [0.2, 0.25) is 20.1 Å². The number of halogens is 4. The number of carbonyl (C=O) groups is 2. The van der Waals surface area contributed by atoms with Crippen LogP contribution in [0.4, 0.5) is 11.4 Å². The molecule has 218 valence electrons. The van der Waals surface area contributed by atoms with E-state index in [1.54, 1.807) is 73.3 Å². The van der Waals surface area contributed by atoms with Crippen LogP contribution in [0.5, 0.6) is 11.5 Å². The number of amides is 1. The molecule has 1 N–H and O–H groups in total. The summed E-state index contributed by atoms with van der Waals surface area (Å²) in [7, 11) is 0. The lowest BCUT2D eigenvalue weighted by atomic mass is 10.0. The second-order valence-corrected chi connectivity index (χ2v) is 11.0. The molecule has 2 atom stereocenters. The lowest BCUT2D eigenvalue weighted by Crippen LogP contribution is -2.43. The molecule has 6 nitrogen and oxygen atoms in total. The Morgan fingerprint density at radius 2 is 1.29 bits per heavy atom. The van der Waals surface area contributed by atoms with Gasteiger partial charge in [-0.3, -0.25) is 9.59 Å². The molecule has 0 radical (unpaired) electrons. The molecule has 0 heterocycles. The van der Waals surface area contributed by atoms with Gasteiger partial charge in [0.1, 0.15) is 11.5 Å². The van der Waals surface area contributed by atoms with E-state index in [-0.39, 0.29) is 11.7 Å². The molecule has 4 aromatic rings. The summed E-state index contributed by atoms with van der Waals surface area (Å²) in [5, 5.41) is 4.87. The third-order valence-electron chi connectivity index (χ3n) is 6.29. The number of hydrogen-bond acceptors (Lipinski definition) is 5. The first-order valence-electron chi connectivity index (χ1n) is 13.1. The molecule has 4 rings (SSSR count). The molecule has 4 aromatic carbocycles. The highest BCUT2D eigenvalue weighted by Crippen LogP contribution is 2.30. The number of rotatable bonds is 12. The normalized spacial score (nSPS) is 12.2. The van der Waals surface area contributed by atoms with Gasteiger partial charge in [0.15, 0.2) is 12.2 Å². The zero-order valence-electron chi connectivity index (χ0n) is 22.8. The number of carbonyl (C=O) groups excluding carboxylic acids is 2. The maximum atomic E-state index is 13.6. The van der Waals surface area contributed by atoms with Crippen molar-refractivity contribution in [1.29, 1.82) is 0 Å². The molecule has 0 aliphatic carbocycles. The molecule has 0 aliphatic heterocycles. The van der Waals surface area contributed by atoms with Crippen molar-refractivity contribution >= 4 is 69.5 Å². The van der Waals surface area contributed by atoms with Gasteiger partial charge in [0.2, 0.25) is 5.78 Å². The number of nitrogens with zero attached hydrogens (tertiary/aromatic N) is 1. The Morgan fingerprint density at radius 3 is 1.88 bits per heavy atom. The second-order valence-electron chi connectivity index (χ2n) is 9.33. The van der Waals surface area contributed by atoms with Gasteiger partial charge in [-0.1, -0.05) is 76.7 Å². The molecule has 0 spiro atoms. The predicted molar refractivity (Wildman–Crippen MR) is 171 cm³/mol. The maximum absolute atomic E-state index is 13.6. The van der Waals surface area contributed by atoms with E-state index in [1.807, 2.05) is 36.4 Å². The zero-order valence-corrected chi connectivity index (χ0v) is 25.8. The van der Waals surface area contributed by atoms with Crippen molar-refractivity contribution in [1.82, 2.24) is 0 Å². The Kier molecular flexibility index (Phi) is 11.0. The molecule has 0 saturated heterocycles. The van der Waals surface area contributed by atoms with Crippen LogP contribution < -0.4 is 19.7 Å². The van der Waals surface area contributed by atoms with Gasteiger partial charge in [-0.05, 0) is 74.5 Å². The summed E-state index contributed by atoms with van der Waals surface area (Å²) in [6, 6.07) is 26.1. The lowest BCUT2D eigenvalue weighted by molar-refractivity contribution is -0.124. The van der Waals surface area contributed by atoms with Gasteiger partial charge in [-0.2, -0.15) is 0 Å². The summed E-state index contributed by atoms with van der Waals surface area (Å²) in [5.41, 5.74) is 1.76. The number of ketones is 1. The van der Waals surface area contributed by atoms with Crippen molar-refractivity contribution < 1.29 is 19.1 Å². The van der Waals surface area contributed by atoms with Gasteiger partial charge >= 0.3 is 0 Å². The van der Waals surface area contributed by atoms with E-state index in [0.29, 0.717) is 61.6 Å². The second kappa shape index (κ2) is 14.7. The highest BCUT2D eigenvalue weighted by atomic mass is 35.5. The van der Waals surface area contributed by atoms with E-state index in [2.05, 4.69) is 5.32 Å². The molecule has 42 heavy (non-hydrogen) atoms. The van der Waals surface area contributed by atoms with E-state index in [9.17, 15) is 9.59 Å². The topological polar surface area (TPSA) is 67.9 Å². The average molecular weight is 646 g/mol. The molecular formula is C32H28Cl4N2O4. The van der Waals surface area contributed by atoms with Crippen molar-refractivity contribution in [3.63, 3.8) is 0 Å². The fourth-order valence-corrected chi connectivity index (χ4v) is 5.10. The van der Waals surface area contributed by atoms with Gasteiger partial charge in [0.25, 0.3) is 5.91 Å². The molecule has 1 amide bonds. The summed E-state index contributed by atoms with van der Waals surface area (Å²) in [4.78, 5) is 28.5. The number of ether oxygens (including phenoxy) is 2. The molecule has 0 aromatic heterocycles. The van der Waals surface area contributed by atoms with Crippen molar-refractivity contribution in [2.75, 3.05) is 23.3 Å². The number of para-hydroxylation sites is 2. The van der Waals surface area contributed by atoms with Crippen molar-refractivity contribution in [2.24, 2.45) is 0 Å². The standard InChI is InChI=1S/C32H28Cl4N2O4/c1-20(41-29-14-12-22(33)18-26(29)35)31(39)25-10-6-7-11-28(25)37-16-17-38(24-8-4-3-5-9-24)32(40)21(2)42-30-15-13-23(34)19-27(30)36/h3-15,18-21,37H,16-17H2,1-2H3. The number of anilines is 2. The first-order chi connectivity index (χ1) is 20.1. The van der Waals surface area contributed by atoms with E-state index in [4.69, 9.17) is 55.9 Å². The van der Waals surface area contributed by atoms with Gasteiger partial charge in [0.05, 0.1) is 10.0 Å². The van der Waals surface area contributed by atoms with E-state index in [1.165, 1.54) is 0 Å². The van der Waals surface area contributed by atoms with Gasteiger partial charge < -0.3 is 19.7 Å². The highest BCUT2D eigenvalue weighted by molar-refractivity contribution is 6.36. The van der Waals surface area contributed by atoms with Crippen LogP contribution in [0.1, 0.15) is 24.2 Å². The average Bonchev–Trinajstić information content (AvgIpc) is 2.98. The summed E-state index contributed by atoms with van der Waals surface area (Å²) in [6.07, 6.45) is -1.65. The smallest absolute Gasteiger partial charge is 0.267 e. The van der Waals surface area contributed by atoms with Gasteiger partial charge in [0, 0.05) is 40.1 Å². The lowest BCUT2D eigenvalue weighted by Gasteiger charge is -2.27. The quantitative estimate of drug-likeness (QED) is 0.156. The first-order valence-corrected chi connectivity index (χ1v) is 14.6. The minimum absolute atomic E-state index is 0.234. The number of hydrogen-bond donors (Lipinski definition) is 1. The third kappa shape index (κ3) is 8.11. The number of Topliss-reactive ketones (excluding diaryl/α,β-unsaturated/α-hetero) is 1. The first kappa shape index (κ1) is 31.5. The largest absolute Gasteiger partial charge is 0.481 e. The van der Waals surface area contributed by atoms with Crippen LogP contribution in [0, 0.1) is 0 Å². The molecule has 0 fully saturated rings. The summed E-state index contributed by atoms with van der Waals surface area (Å²) >= 11 is 24.4. The number of benzene rings is 4. The predicted octanol–water partition coefficient (Wildman–Crippen LogP) is 8.86. The van der Waals surface area contributed by atoms with E-state index < -0.39 is 12.2 Å². The van der Waals surface area contributed by atoms with Crippen LogP contribution in [0.15, 0.2) is 91.0 Å². The Bertz CT molecular complexity index is 1550. The Labute approximate surface area is 265 Å². The monoisotopic (exact) mass is 644 g/mol. The molecule has 2 unspecified atom stereocenters. The number of nitrogens with one attached hydrogen (secondary N) is 1. The maximum Gasteiger partial charge on any atom is 0.267 e. The molecule has 0 bridgehead atoms. The van der Waals surface area contributed by atoms with Gasteiger partial charge in [-0.25, -0.2) is 0 Å². The Balaban J connectivity index is 1.46.